The number of hydrogen-bond acceptors (Lipinski definition) is 5. The lowest BCUT2D eigenvalue weighted by atomic mass is 10.3. The second-order valence-corrected chi connectivity index (χ2v) is 5.15. The molecule has 0 aliphatic rings. The number of rotatable bonds is 7. The molecule has 5 nitrogen and oxygen atoms in total. The van der Waals surface area contributed by atoms with Gasteiger partial charge in [-0.3, -0.25) is 0 Å². The number of carbonyl (C=O) groups is 1. The summed E-state index contributed by atoms with van der Waals surface area (Å²) in [5.74, 6) is 0.513. The summed E-state index contributed by atoms with van der Waals surface area (Å²) in [6.07, 6.45) is 1.57. The van der Waals surface area contributed by atoms with Gasteiger partial charge in [0.05, 0.1) is 6.61 Å². The molecule has 2 rings (SSSR count). The quantitative estimate of drug-likeness (QED) is 0.555. The summed E-state index contributed by atoms with van der Waals surface area (Å²) >= 11 is 3.36. The van der Waals surface area contributed by atoms with Gasteiger partial charge in [0, 0.05) is 10.7 Å². The van der Waals surface area contributed by atoms with Crippen molar-refractivity contribution in [3.8, 4) is 11.6 Å². The molecule has 1 aromatic heterocycles. The first kappa shape index (κ1) is 16.3. The van der Waals surface area contributed by atoms with Gasteiger partial charge in [0.1, 0.15) is 24.5 Å². The van der Waals surface area contributed by atoms with Crippen molar-refractivity contribution in [2.24, 2.45) is 0 Å². The molecular formula is C16H16BrNO4. The first-order chi connectivity index (χ1) is 10.7. The molecule has 0 N–H and O–H groups in total. The Bertz CT molecular complexity index is 633. The molecular weight excluding hydrogens is 350 g/mol. The summed E-state index contributed by atoms with van der Waals surface area (Å²) in [6.45, 7) is 2.68. The number of benzene rings is 1. The van der Waals surface area contributed by atoms with E-state index in [1.54, 1.807) is 18.3 Å². The minimum Gasteiger partial charge on any atom is -0.490 e. The van der Waals surface area contributed by atoms with Gasteiger partial charge in [0.15, 0.2) is 0 Å². The van der Waals surface area contributed by atoms with Gasteiger partial charge in [-0.25, -0.2) is 9.78 Å². The average Bonchev–Trinajstić information content (AvgIpc) is 2.52. The second-order valence-electron chi connectivity index (χ2n) is 4.23. The Morgan fingerprint density at radius 1 is 1.18 bits per heavy atom. The Balaban J connectivity index is 1.83. The van der Waals surface area contributed by atoms with Gasteiger partial charge in [-0.05, 0) is 37.3 Å². The van der Waals surface area contributed by atoms with Crippen molar-refractivity contribution in [1.82, 2.24) is 4.98 Å². The maximum absolute atomic E-state index is 12.0. The van der Waals surface area contributed by atoms with Gasteiger partial charge in [-0.1, -0.05) is 22.0 Å². The van der Waals surface area contributed by atoms with Crippen molar-refractivity contribution in [1.29, 1.82) is 0 Å². The normalized spacial score (nSPS) is 10.1. The predicted octanol–water partition coefficient (Wildman–Crippen LogP) is 3.48. The highest BCUT2D eigenvalue weighted by atomic mass is 79.9. The maximum atomic E-state index is 12.0. The molecule has 0 aliphatic heterocycles. The van der Waals surface area contributed by atoms with Crippen molar-refractivity contribution >= 4 is 21.9 Å². The predicted molar refractivity (Wildman–Crippen MR) is 85.3 cm³/mol. The Morgan fingerprint density at radius 3 is 2.82 bits per heavy atom. The van der Waals surface area contributed by atoms with Crippen LogP contribution in [0.3, 0.4) is 0 Å². The third-order valence-corrected chi connectivity index (χ3v) is 3.15. The van der Waals surface area contributed by atoms with Crippen molar-refractivity contribution in [3.63, 3.8) is 0 Å². The molecule has 0 unspecified atom stereocenters. The smallest absolute Gasteiger partial charge is 0.343 e. The number of pyridine rings is 1. The van der Waals surface area contributed by atoms with Crippen LogP contribution < -0.4 is 9.47 Å². The van der Waals surface area contributed by atoms with Crippen LogP contribution in [0.2, 0.25) is 0 Å². The number of ether oxygens (including phenoxy) is 3. The molecule has 0 aliphatic carbocycles. The van der Waals surface area contributed by atoms with Gasteiger partial charge in [-0.15, -0.1) is 0 Å². The van der Waals surface area contributed by atoms with Crippen LogP contribution >= 0.6 is 15.9 Å². The van der Waals surface area contributed by atoms with E-state index in [2.05, 4.69) is 20.9 Å². The molecule has 2 aromatic rings. The van der Waals surface area contributed by atoms with E-state index in [1.807, 2.05) is 31.2 Å². The number of halogens is 1. The topological polar surface area (TPSA) is 57.7 Å². The number of hydrogen-bond donors (Lipinski definition) is 0. The van der Waals surface area contributed by atoms with Crippen LogP contribution in [0.5, 0.6) is 11.6 Å². The second kappa shape index (κ2) is 8.38. The molecule has 116 valence electrons. The van der Waals surface area contributed by atoms with Crippen LogP contribution in [0.25, 0.3) is 0 Å². The zero-order valence-electron chi connectivity index (χ0n) is 12.1. The molecule has 0 radical (unpaired) electrons. The summed E-state index contributed by atoms with van der Waals surface area (Å²) in [5.41, 5.74) is 0.312. The minimum atomic E-state index is -0.477. The zero-order valence-corrected chi connectivity index (χ0v) is 13.7. The number of aromatic nitrogens is 1. The van der Waals surface area contributed by atoms with Gasteiger partial charge >= 0.3 is 5.97 Å². The highest BCUT2D eigenvalue weighted by Crippen LogP contribution is 2.18. The van der Waals surface area contributed by atoms with E-state index in [1.165, 1.54) is 0 Å². The Morgan fingerprint density at radius 2 is 2.05 bits per heavy atom. The van der Waals surface area contributed by atoms with Gasteiger partial charge in [-0.2, -0.15) is 0 Å². The first-order valence-electron chi connectivity index (χ1n) is 6.84. The third-order valence-electron chi connectivity index (χ3n) is 2.65. The van der Waals surface area contributed by atoms with E-state index in [-0.39, 0.29) is 19.1 Å². The fraction of sp³-hybridized carbons (Fsp3) is 0.250. The molecule has 0 fully saturated rings. The van der Waals surface area contributed by atoms with Crippen LogP contribution in [-0.4, -0.2) is 30.8 Å². The fourth-order valence-corrected chi connectivity index (χ4v) is 2.10. The minimum absolute atomic E-state index is 0.145. The van der Waals surface area contributed by atoms with Gasteiger partial charge in [0.25, 0.3) is 0 Å². The average molecular weight is 366 g/mol. The van der Waals surface area contributed by atoms with Crippen molar-refractivity contribution in [3.05, 3.63) is 52.6 Å². The lowest BCUT2D eigenvalue weighted by molar-refractivity contribution is 0.0445. The lowest BCUT2D eigenvalue weighted by Crippen LogP contribution is -2.14. The van der Waals surface area contributed by atoms with E-state index in [0.29, 0.717) is 17.9 Å². The van der Waals surface area contributed by atoms with E-state index >= 15 is 0 Å². The highest BCUT2D eigenvalue weighted by Gasteiger charge is 2.14. The first-order valence-corrected chi connectivity index (χ1v) is 7.63. The molecule has 0 saturated carbocycles. The molecule has 0 spiro atoms. The molecule has 22 heavy (non-hydrogen) atoms. The summed E-state index contributed by atoms with van der Waals surface area (Å²) in [4.78, 5) is 16.0. The van der Waals surface area contributed by atoms with E-state index in [4.69, 9.17) is 14.2 Å². The summed E-state index contributed by atoms with van der Waals surface area (Å²) < 4.78 is 16.9. The lowest BCUT2D eigenvalue weighted by Gasteiger charge is -2.10. The van der Waals surface area contributed by atoms with Crippen LogP contribution in [0.1, 0.15) is 17.3 Å². The number of esters is 1. The van der Waals surface area contributed by atoms with Crippen molar-refractivity contribution in [2.45, 2.75) is 6.92 Å². The molecule has 0 saturated heterocycles. The molecule has 0 bridgehead atoms. The summed E-state index contributed by atoms with van der Waals surface area (Å²) in [6, 6.07) is 10.7. The Kier molecular flexibility index (Phi) is 6.21. The van der Waals surface area contributed by atoms with Crippen LogP contribution in [0.15, 0.2) is 47.1 Å². The monoisotopic (exact) mass is 365 g/mol. The van der Waals surface area contributed by atoms with E-state index in [0.717, 1.165) is 4.47 Å². The molecule has 0 atom stereocenters. The van der Waals surface area contributed by atoms with Gasteiger partial charge < -0.3 is 14.2 Å². The molecule has 1 heterocycles. The SMILES string of the molecule is CCOc1ncccc1C(=O)OCCOc1cccc(Br)c1. The number of carbonyl (C=O) groups excluding carboxylic acids is 1. The maximum Gasteiger partial charge on any atom is 0.343 e. The van der Waals surface area contributed by atoms with Crippen LogP contribution in [0.4, 0.5) is 0 Å². The summed E-state index contributed by atoms with van der Waals surface area (Å²) in [7, 11) is 0. The molecule has 1 aromatic carbocycles. The van der Waals surface area contributed by atoms with E-state index < -0.39 is 5.97 Å². The standard InChI is InChI=1S/C16H16BrNO4/c1-2-20-15-14(7-4-8-18-15)16(19)22-10-9-21-13-6-3-5-12(17)11-13/h3-8,11H,2,9-10H2,1H3. The zero-order chi connectivity index (χ0) is 15.8. The van der Waals surface area contributed by atoms with E-state index in [9.17, 15) is 4.79 Å². The molecule has 6 heteroatoms. The van der Waals surface area contributed by atoms with Crippen LogP contribution in [-0.2, 0) is 4.74 Å². The van der Waals surface area contributed by atoms with Crippen molar-refractivity contribution < 1.29 is 19.0 Å². The largest absolute Gasteiger partial charge is 0.490 e. The Labute approximate surface area is 137 Å². The van der Waals surface area contributed by atoms with Crippen LogP contribution in [0, 0.1) is 0 Å². The fourth-order valence-electron chi connectivity index (χ4n) is 1.73. The Hall–Kier alpha value is -2.08. The van der Waals surface area contributed by atoms with Crippen molar-refractivity contribution in [2.75, 3.05) is 19.8 Å². The molecule has 0 amide bonds. The highest BCUT2D eigenvalue weighted by molar-refractivity contribution is 9.10. The summed E-state index contributed by atoms with van der Waals surface area (Å²) in [5, 5.41) is 0. The third kappa shape index (κ3) is 4.73. The van der Waals surface area contributed by atoms with Gasteiger partial charge in [0.2, 0.25) is 5.88 Å². The number of nitrogens with zero attached hydrogens (tertiary/aromatic N) is 1.